The molecule has 4 aromatic carbocycles. The maximum atomic E-state index is 13.5. The molecule has 6 aromatic rings. The number of halogens is 7. The van der Waals surface area contributed by atoms with E-state index in [2.05, 4.69) is 15.9 Å². The van der Waals surface area contributed by atoms with Gasteiger partial charge < -0.3 is 4.42 Å². The zero-order valence-corrected chi connectivity index (χ0v) is 21.8. The predicted octanol–water partition coefficient (Wildman–Crippen LogP) is 8.34. The molecule has 4 nitrogen and oxygen atoms in total. The monoisotopic (exact) mass is 619 g/mol. The Labute approximate surface area is 228 Å². The summed E-state index contributed by atoms with van der Waals surface area (Å²) in [5.41, 5.74) is -3.20. The molecular formula is C29H16BrF6NO3. The topological polar surface area (TPSA) is 52.2 Å². The third-order valence-electron chi connectivity index (χ3n) is 7.00. The molecule has 11 heteroatoms. The Morgan fingerprint density at radius 3 is 1.82 bits per heavy atom. The summed E-state index contributed by atoms with van der Waals surface area (Å²) in [5, 5.41) is 3.03. The normalized spacial score (nSPS) is 12.9. The molecule has 0 saturated carbocycles. The van der Waals surface area contributed by atoms with Gasteiger partial charge in [0, 0.05) is 38.8 Å². The van der Waals surface area contributed by atoms with Crippen LogP contribution >= 0.6 is 15.9 Å². The van der Waals surface area contributed by atoms with Crippen LogP contribution < -0.4 is 11.1 Å². The number of benzene rings is 4. The maximum absolute atomic E-state index is 13.5. The van der Waals surface area contributed by atoms with Crippen molar-refractivity contribution in [1.29, 1.82) is 0 Å². The molecule has 2 heterocycles. The van der Waals surface area contributed by atoms with Gasteiger partial charge in [0.1, 0.15) is 11.2 Å². The molecule has 0 spiro atoms. The van der Waals surface area contributed by atoms with Gasteiger partial charge in [-0.3, -0.25) is 14.2 Å². The van der Waals surface area contributed by atoms with Crippen LogP contribution in [0.5, 0.6) is 0 Å². The molecule has 0 unspecified atom stereocenters. The average Bonchev–Trinajstić information content (AvgIpc) is 2.91. The van der Waals surface area contributed by atoms with Crippen LogP contribution in [-0.4, -0.2) is 9.90 Å². The second-order valence-corrected chi connectivity index (χ2v) is 10.2. The molecule has 0 N–H and O–H groups in total. The number of hydrogen-bond donors (Lipinski definition) is 0. The summed E-state index contributed by atoms with van der Waals surface area (Å²) >= 11 is 3.30. The van der Waals surface area contributed by atoms with E-state index in [1.165, 1.54) is 22.8 Å². The Bertz CT molecular complexity index is 2010. The minimum Gasteiger partial charge on any atom is -0.456 e. The van der Waals surface area contributed by atoms with E-state index in [-0.39, 0.29) is 23.7 Å². The highest BCUT2D eigenvalue weighted by molar-refractivity contribution is 9.09. The smallest absolute Gasteiger partial charge is 0.416 e. The van der Waals surface area contributed by atoms with E-state index in [1.54, 1.807) is 24.3 Å². The number of alkyl halides is 7. The first-order chi connectivity index (χ1) is 18.9. The van der Waals surface area contributed by atoms with E-state index < -0.39 is 34.6 Å². The Hall–Kier alpha value is -3.86. The van der Waals surface area contributed by atoms with Crippen molar-refractivity contribution in [2.45, 2.75) is 25.3 Å². The fourth-order valence-electron chi connectivity index (χ4n) is 5.18. The van der Waals surface area contributed by atoms with E-state index in [0.29, 0.717) is 67.4 Å². The van der Waals surface area contributed by atoms with Crippen molar-refractivity contribution in [3.63, 3.8) is 0 Å². The lowest BCUT2D eigenvalue weighted by atomic mass is 9.94. The molecule has 0 aliphatic heterocycles. The van der Waals surface area contributed by atoms with Crippen LogP contribution in [0.15, 0.2) is 74.7 Å². The first-order valence-electron chi connectivity index (χ1n) is 12.0. The number of rotatable bonds is 4. The minimum atomic E-state index is -4.99. The van der Waals surface area contributed by atoms with E-state index in [4.69, 9.17) is 4.42 Å². The van der Waals surface area contributed by atoms with E-state index in [0.717, 1.165) is 0 Å². The molecule has 204 valence electrons. The van der Waals surface area contributed by atoms with Gasteiger partial charge in [-0.15, -0.1) is 0 Å². The Kier molecular flexibility index (Phi) is 5.99. The zero-order valence-electron chi connectivity index (χ0n) is 20.2. The van der Waals surface area contributed by atoms with Crippen LogP contribution in [0.4, 0.5) is 26.3 Å². The SMILES string of the molecule is O=c1c2ccc3oc4ccc(-c5cc(C(F)(F)F)cc(C(F)(F)F)c5)cc4c4ccc(c(=O)n1CCCBr)c2c34. The molecule has 0 atom stereocenters. The van der Waals surface area contributed by atoms with Crippen molar-refractivity contribution in [2.75, 3.05) is 5.33 Å². The number of nitrogens with zero attached hydrogens (tertiary/aromatic N) is 1. The molecule has 0 amide bonds. The van der Waals surface area contributed by atoms with Gasteiger partial charge in [0.25, 0.3) is 11.1 Å². The number of pyridine rings is 1. The Morgan fingerprint density at radius 1 is 0.650 bits per heavy atom. The van der Waals surface area contributed by atoms with Gasteiger partial charge in [-0.1, -0.05) is 28.1 Å². The van der Waals surface area contributed by atoms with E-state index >= 15 is 0 Å². The minimum absolute atomic E-state index is 0.0821. The third-order valence-corrected chi connectivity index (χ3v) is 7.56. The van der Waals surface area contributed by atoms with Gasteiger partial charge in [-0.25, -0.2) is 0 Å². The molecule has 0 aliphatic carbocycles. The average molecular weight is 620 g/mol. The van der Waals surface area contributed by atoms with Crippen LogP contribution in [0, 0.1) is 0 Å². The van der Waals surface area contributed by atoms with Crippen molar-refractivity contribution < 1.29 is 30.8 Å². The summed E-state index contributed by atoms with van der Waals surface area (Å²) in [4.78, 5) is 26.4. The Balaban J connectivity index is 1.65. The standard InChI is InChI=1S/C29H16BrF6NO3/c30-8-1-9-37-26(38)19-4-3-18-21-12-14(15-10-16(28(31,32)33)13-17(11-15)29(34,35)36)2-6-22(21)40-23-7-5-20(27(37)39)24(19)25(18)23/h2-7,10-13H,1,8-9H2. The molecule has 0 radical (unpaired) electrons. The lowest BCUT2D eigenvalue weighted by molar-refractivity contribution is -0.143. The van der Waals surface area contributed by atoms with Gasteiger partial charge in [0.15, 0.2) is 0 Å². The molecule has 0 bridgehead atoms. The van der Waals surface area contributed by atoms with E-state index in [9.17, 15) is 35.9 Å². The third kappa shape index (κ3) is 4.14. The second-order valence-electron chi connectivity index (χ2n) is 9.43. The van der Waals surface area contributed by atoms with Gasteiger partial charge in [-0.05, 0) is 71.5 Å². The van der Waals surface area contributed by atoms with Crippen LogP contribution in [0.25, 0.3) is 54.6 Å². The first kappa shape index (κ1) is 26.4. The molecule has 0 aliphatic rings. The molecule has 2 aromatic heterocycles. The number of aromatic nitrogens is 1. The van der Waals surface area contributed by atoms with Crippen molar-refractivity contribution in [3.8, 4) is 11.1 Å². The van der Waals surface area contributed by atoms with Crippen LogP contribution in [-0.2, 0) is 18.9 Å². The summed E-state index contributed by atoms with van der Waals surface area (Å²) in [5.74, 6) is 0. The van der Waals surface area contributed by atoms with Crippen molar-refractivity contribution in [3.05, 3.63) is 92.5 Å². The quantitative estimate of drug-likeness (QED) is 0.0862. The van der Waals surface area contributed by atoms with Gasteiger partial charge >= 0.3 is 12.4 Å². The summed E-state index contributed by atoms with van der Waals surface area (Å²) in [7, 11) is 0. The fraction of sp³-hybridized carbons (Fsp3) is 0.172. The largest absolute Gasteiger partial charge is 0.456 e. The molecule has 40 heavy (non-hydrogen) atoms. The van der Waals surface area contributed by atoms with Gasteiger partial charge in [0.05, 0.1) is 11.1 Å². The number of hydrogen-bond acceptors (Lipinski definition) is 3. The predicted molar refractivity (Wildman–Crippen MR) is 144 cm³/mol. The summed E-state index contributed by atoms with van der Waals surface area (Å²) in [6.45, 7) is 0.229. The molecule has 0 saturated heterocycles. The van der Waals surface area contributed by atoms with Crippen LogP contribution in [0.1, 0.15) is 17.5 Å². The highest BCUT2D eigenvalue weighted by Gasteiger charge is 2.37. The van der Waals surface area contributed by atoms with Crippen LogP contribution in [0.3, 0.4) is 0 Å². The lowest BCUT2D eigenvalue weighted by Gasteiger charge is -2.16. The first-order valence-corrected chi connectivity index (χ1v) is 13.1. The van der Waals surface area contributed by atoms with E-state index in [1.807, 2.05) is 0 Å². The summed E-state index contributed by atoms with van der Waals surface area (Å²) < 4.78 is 88.0. The van der Waals surface area contributed by atoms with Crippen molar-refractivity contribution >= 4 is 59.4 Å². The molecule has 6 rings (SSSR count). The maximum Gasteiger partial charge on any atom is 0.416 e. The fourth-order valence-corrected chi connectivity index (χ4v) is 5.43. The van der Waals surface area contributed by atoms with Gasteiger partial charge in [0.2, 0.25) is 0 Å². The second kappa shape index (κ2) is 9.09. The molecule has 0 fully saturated rings. The van der Waals surface area contributed by atoms with Crippen molar-refractivity contribution in [2.24, 2.45) is 0 Å². The summed E-state index contributed by atoms with van der Waals surface area (Å²) in [6, 6.07) is 12.2. The highest BCUT2D eigenvalue weighted by Crippen LogP contribution is 2.41. The molecular weight excluding hydrogens is 604 g/mol. The van der Waals surface area contributed by atoms with Gasteiger partial charge in [-0.2, -0.15) is 26.3 Å². The Morgan fingerprint density at radius 2 is 1.23 bits per heavy atom. The lowest BCUT2D eigenvalue weighted by Crippen LogP contribution is -2.33. The van der Waals surface area contributed by atoms with Crippen LogP contribution in [0.2, 0.25) is 0 Å². The summed E-state index contributed by atoms with van der Waals surface area (Å²) in [6.07, 6.45) is -9.41. The highest BCUT2D eigenvalue weighted by atomic mass is 79.9. The zero-order chi connectivity index (χ0) is 28.6. The van der Waals surface area contributed by atoms with Crippen molar-refractivity contribution in [1.82, 2.24) is 4.57 Å². The number of fused-ring (bicyclic) bond motifs is 2.